The van der Waals surface area contributed by atoms with Gasteiger partial charge in [0.2, 0.25) is 11.8 Å². The van der Waals surface area contributed by atoms with E-state index in [4.69, 9.17) is 16.0 Å². The van der Waals surface area contributed by atoms with Gasteiger partial charge >= 0.3 is 6.03 Å². The monoisotopic (exact) mass is 432 g/mol. The number of carbonyl (C=O) groups is 1. The number of nitrogens with zero attached hydrogens (tertiary/aromatic N) is 2. The third-order valence-electron chi connectivity index (χ3n) is 4.96. The molecule has 6 nitrogen and oxygen atoms in total. The Kier molecular flexibility index (Phi) is 6.00. The van der Waals surface area contributed by atoms with E-state index >= 15 is 0 Å². The summed E-state index contributed by atoms with van der Waals surface area (Å²) in [6.45, 7) is 4.02. The normalized spacial score (nSPS) is 11.7. The second kappa shape index (κ2) is 9.02. The Morgan fingerprint density at radius 1 is 0.935 bits per heavy atom. The minimum atomic E-state index is -0.628. The van der Waals surface area contributed by atoms with Crippen molar-refractivity contribution in [2.45, 2.75) is 19.9 Å². The molecule has 0 aliphatic rings. The lowest BCUT2D eigenvalue weighted by Gasteiger charge is -2.16. The molecule has 0 saturated carbocycles. The number of anilines is 1. The van der Waals surface area contributed by atoms with Crippen LogP contribution >= 0.6 is 11.6 Å². The third kappa shape index (κ3) is 4.75. The van der Waals surface area contributed by atoms with Gasteiger partial charge < -0.3 is 15.1 Å². The first-order chi connectivity index (χ1) is 15.0. The SMILES string of the molecule is Cc1ccc(NC(=O)N[C@@H](c2ccccc2)c2nnc(-c3ccccc3Cl)o2)cc1C. The highest BCUT2D eigenvalue weighted by molar-refractivity contribution is 6.33. The van der Waals surface area contributed by atoms with Gasteiger partial charge in [0.25, 0.3) is 0 Å². The molecule has 0 radical (unpaired) electrons. The molecule has 0 aliphatic carbocycles. The minimum Gasteiger partial charge on any atom is -0.418 e. The number of benzene rings is 3. The summed E-state index contributed by atoms with van der Waals surface area (Å²) >= 11 is 6.26. The third-order valence-corrected chi connectivity index (χ3v) is 5.29. The topological polar surface area (TPSA) is 80.0 Å². The van der Waals surface area contributed by atoms with E-state index in [9.17, 15) is 4.79 Å². The lowest BCUT2D eigenvalue weighted by atomic mass is 10.1. The molecular weight excluding hydrogens is 412 g/mol. The molecule has 3 aromatic carbocycles. The van der Waals surface area contributed by atoms with Crippen molar-refractivity contribution in [1.29, 1.82) is 0 Å². The van der Waals surface area contributed by atoms with Crippen LogP contribution in [0, 0.1) is 13.8 Å². The Morgan fingerprint density at radius 2 is 1.68 bits per heavy atom. The average molecular weight is 433 g/mol. The first-order valence-electron chi connectivity index (χ1n) is 9.79. The predicted molar refractivity (Wildman–Crippen MR) is 121 cm³/mol. The molecule has 4 rings (SSSR count). The highest BCUT2D eigenvalue weighted by Gasteiger charge is 2.24. The maximum Gasteiger partial charge on any atom is 0.320 e. The Bertz CT molecular complexity index is 1210. The van der Waals surface area contributed by atoms with E-state index in [0.29, 0.717) is 16.3 Å². The van der Waals surface area contributed by atoms with Crippen LogP contribution in [0.25, 0.3) is 11.5 Å². The van der Waals surface area contributed by atoms with Crippen LogP contribution in [0.2, 0.25) is 5.02 Å². The van der Waals surface area contributed by atoms with Crippen LogP contribution in [0.3, 0.4) is 0 Å². The van der Waals surface area contributed by atoms with Crippen LogP contribution in [-0.4, -0.2) is 16.2 Å². The Hall–Kier alpha value is -3.64. The standard InChI is InChI=1S/C24H21ClN4O2/c1-15-12-13-18(14-16(15)2)26-24(30)27-21(17-8-4-3-5-9-17)23-29-28-22(31-23)19-10-6-7-11-20(19)25/h3-14,21H,1-2H3,(H2,26,27,30)/t21-/m0/s1. The van der Waals surface area contributed by atoms with Gasteiger partial charge in [-0.15, -0.1) is 10.2 Å². The second-order valence-electron chi connectivity index (χ2n) is 7.17. The van der Waals surface area contributed by atoms with E-state index in [1.54, 1.807) is 12.1 Å². The molecule has 0 saturated heterocycles. The smallest absolute Gasteiger partial charge is 0.320 e. The van der Waals surface area contributed by atoms with Crippen molar-refractivity contribution >= 4 is 23.3 Å². The van der Waals surface area contributed by atoms with Gasteiger partial charge in [0.05, 0.1) is 10.6 Å². The van der Waals surface area contributed by atoms with Crippen molar-refractivity contribution in [3.05, 3.63) is 100 Å². The number of hydrogen-bond acceptors (Lipinski definition) is 4. The molecule has 1 atom stereocenters. The fourth-order valence-corrected chi connectivity index (χ4v) is 3.36. The van der Waals surface area contributed by atoms with Gasteiger partial charge in [-0.25, -0.2) is 4.79 Å². The zero-order valence-corrected chi connectivity index (χ0v) is 17.9. The van der Waals surface area contributed by atoms with Gasteiger partial charge in [-0.05, 0) is 54.8 Å². The van der Waals surface area contributed by atoms with E-state index in [1.165, 1.54) is 0 Å². The molecule has 2 N–H and O–H groups in total. The number of carbonyl (C=O) groups excluding carboxylic acids is 1. The van der Waals surface area contributed by atoms with Crippen molar-refractivity contribution in [2.24, 2.45) is 0 Å². The summed E-state index contributed by atoms with van der Waals surface area (Å²) < 4.78 is 5.90. The summed E-state index contributed by atoms with van der Waals surface area (Å²) in [7, 11) is 0. The Labute approximate surface area is 185 Å². The molecule has 0 unspecified atom stereocenters. The van der Waals surface area contributed by atoms with Crippen molar-refractivity contribution in [2.75, 3.05) is 5.32 Å². The van der Waals surface area contributed by atoms with E-state index in [2.05, 4.69) is 20.8 Å². The molecule has 7 heteroatoms. The van der Waals surface area contributed by atoms with Crippen molar-refractivity contribution in [1.82, 2.24) is 15.5 Å². The summed E-state index contributed by atoms with van der Waals surface area (Å²) in [5, 5.41) is 14.6. The largest absolute Gasteiger partial charge is 0.418 e. The number of rotatable bonds is 5. The highest BCUT2D eigenvalue weighted by Crippen LogP contribution is 2.29. The molecule has 31 heavy (non-hydrogen) atoms. The van der Waals surface area contributed by atoms with E-state index in [0.717, 1.165) is 16.7 Å². The number of aromatic nitrogens is 2. The van der Waals surface area contributed by atoms with Gasteiger partial charge in [0, 0.05) is 5.69 Å². The van der Waals surface area contributed by atoms with E-state index in [-0.39, 0.29) is 17.8 Å². The molecule has 4 aromatic rings. The molecular formula is C24H21ClN4O2. The highest BCUT2D eigenvalue weighted by atomic mass is 35.5. The molecule has 1 aromatic heterocycles. The molecule has 2 amide bonds. The molecule has 0 aliphatic heterocycles. The number of amides is 2. The van der Waals surface area contributed by atoms with Crippen LogP contribution in [0.4, 0.5) is 10.5 Å². The minimum absolute atomic E-state index is 0.261. The van der Waals surface area contributed by atoms with Crippen LogP contribution in [0.5, 0.6) is 0 Å². The molecule has 156 valence electrons. The first-order valence-corrected chi connectivity index (χ1v) is 10.2. The number of nitrogens with one attached hydrogen (secondary N) is 2. The first kappa shape index (κ1) is 20.6. The lowest BCUT2D eigenvalue weighted by Crippen LogP contribution is -2.33. The molecule has 0 fully saturated rings. The van der Waals surface area contributed by atoms with Crippen molar-refractivity contribution in [3.8, 4) is 11.5 Å². The zero-order valence-electron chi connectivity index (χ0n) is 17.1. The van der Waals surface area contributed by atoms with E-state index < -0.39 is 6.04 Å². The number of halogens is 1. The lowest BCUT2D eigenvalue weighted by molar-refractivity contribution is 0.248. The Morgan fingerprint density at radius 3 is 2.42 bits per heavy atom. The summed E-state index contributed by atoms with van der Waals surface area (Å²) in [4.78, 5) is 12.8. The van der Waals surface area contributed by atoms with Gasteiger partial charge in [0.15, 0.2) is 0 Å². The molecule has 0 spiro atoms. The van der Waals surface area contributed by atoms with Crippen LogP contribution in [-0.2, 0) is 0 Å². The molecule has 0 bridgehead atoms. The number of urea groups is 1. The van der Waals surface area contributed by atoms with Crippen LogP contribution < -0.4 is 10.6 Å². The number of aryl methyl sites for hydroxylation is 2. The Balaban J connectivity index is 1.60. The van der Waals surface area contributed by atoms with Crippen molar-refractivity contribution in [3.63, 3.8) is 0 Å². The van der Waals surface area contributed by atoms with Crippen LogP contribution in [0.1, 0.15) is 28.6 Å². The maximum atomic E-state index is 12.8. The average Bonchev–Trinajstić information content (AvgIpc) is 3.25. The van der Waals surface area contributed by atoms with E-state index in [1.807, 2.05) is 74.5 Å². The summed E-state index contributed by atoms with van der Waals surface area (Å²) in [6.07, 6.45) is 0. The van der Waals surface area contributed by atoms with Crippen LogP contribution in [0.15, 0.2) is 77.2 Å². The fourth-order valence-electron chi connectivity index (χ4n) is 3.15. The van der Waals surface area contributed by atoms with Gasteiger partial charge in [-0.3, -0.25) is 0 Å². The zero-order chi connectivity index (χ0) is 21.8. The maximum absolute atomic E-state index is 12.8. The summed E-state index contributed by atoms with van der Waals surface area (Å²) in [6, 6.07) is 21.4. The van der Waals surface area contributed by atoms with Crippen molar-refractivity contribution < 1.29 is 9.21 Å². The number of hydrogen-bond donors (Lipinski definition) is 2. The summed E-state index contributed by atoms with van der Waals surface area (Å²) in [5.41, 5.74) is 4.40. The fraction of sp³-hybridized carbons (Fsp3) is 0.125. The predicted octanol–water partition coefficient (Wildman–Crippen LogP) is 5.92. The van der Waals surface area contributed by atoms with Gasteiger partial charge in [-0.2, -0.15) is 0 Å². The second-order valence-corrected chi connectivity index (χ2v) is 7.57. The van der Waals surface area contributed by atoms with Gasteiger partial charge in [-0.1, -0.05) is 60.1 Å². The molecule has 1 heterocycles. The quantitative estimate of drug-likeness (QED) is 0.410. The van der Waals surface area contributed by atoms with Gasteiger partial charge in [0.1, 0.15) is 6.04 Å². The summed E-state index contributed by atoms with van der Waals surface area (Å²) in [5.74, 6) is 0.550.